The van der Waals surface area contributed by atoms with Crippen molar-refractivity contribution in [1.29, 1.82) is 0 Å². The number of H-pyrrole nitrogens is 1. The molecule has 0 spiro atoms. The maximum atomic E-state index is 13.4. The zero-order chi connectivity index (χ0) is 14.8. The first-order valence-electron chi connectivity index (χ1n) is 5.31. The molecule has 0 unspecified atom stereocenters. The Hall–Kier alpha value is -2.26. The van der Waals surface area contributed by atoms with E-state index in [1.807, 2.05) is 5.43 Å². The molecule has 1 amide bonds. The molecule has 6 nitrogen and oxygen atoms in total. The number of nitrogens with one attached hydrogen (secondary N) is 3. The molecule has 0 bridgehead atoms. The number of hydrogen-bond donors (Lipinski definition) is 3. The number of carbonyl (C=O) groups excluding carboxylic acids is 1. The summed E-state index contributed by atoms with van der Waals surface area (Å²) in [5.74, 6) is -2.81. The average molecular weight is 301 g/mol. The number of hydrazine groups is 1. The summed E-state index contributed by atoms with van der Waals surface area (Å²) in [6.07, 6.45) is 1.47. The second-order valence-corrected chi connectivity index (χ2v) is 5.37. The molecular formula is C11H9F2N3O3S. The minimum absolute atomic E-state index is 0.104. The Labute approximate surface area is 112 Å². The van der Waals surface area contributed by atoms with Crippen molar-refractivity contribution in [2.24, 2.45) is 0 Å². The molecule has 0 fully saturated rings. The second-order valence-electron chi connectivity index (χ2n) is 3.72. The van der Waals surface area contributed by atoms with E-state index < -0.39 is 32.5 Å². The summed E-state index contributed by atoms with van der Waals surface area (Å²) in [5.41, 5.74) is 1.98. The summed E-state index contributed by atoms with van der Waals surface area (Å²) in [7, 11) is -4.41. The lowest BCUT2D eigenvalue weighted by Gasteiger charge is -2.08. The number of halogens is 2. The number of benzene rings is 1. The van der Waals surface area contributed by atoms with Crippen LogP contribution in [0, 0.1) is 11.6 Å². The number of aromatic amines is 1. The Morgan fingerprint density at radius 3 is 2.60 bits per heavy atom. The summed E-state index contributed by atoms with van der Waals surface area (Å²) in [6.45, 7) is 0. The van der Waals surface area contributed by atoms with Crippen molar-refractivity contribution in [3.63, 3.8) is 0 Å². The van der Waals surface area contributed by atoms with Gasteiger partial charge in [-0.2, -0.15) is 0 Å². The standard InChI is InChI=1S/C11H9F2N3O3S/c12-7-3-4-8(13)10(6-7)20(18,19)16-15-11(17)9-2-1-5-14-9/h1-6,14,16H,(H,15,17). The molecular weight excluding hydrogens is 292 g/mol. The number of carbonyl (C=O) groups is 1. The molecule has 0 aliphatic rings. The number of amides is 1. The van der Waals surface area contributed by atoms with E-state index in [1.165, 1.54) is 18.3 Å². The molecule has 0 aliphatic carbocycles. The molecule has 0 atom stereocenters. The smallest absolute Gasteiger partial charge is 0.282 e. The van der Waals surface area contributed by atoms with Gasteiger partial charge in [0.15, 0.2) is 0 Å². The van der Waals surface area contributed by atoms with Crippen molar-refractivity contribution in [2.45, 2.75) is 4.90 Å². The van der Waals surface area contributed by atoms with E-state index in [9.17, 15) is 22.0 Å². The van der Waals surface area contributed by atoms with E-state index in [0.29, 0.717) is 12.1 Å². The molecule has 9 heteroatoms. The lowest BCUT2D eigenvalue weighted by atomic mass is 10.3. The maximum Gasteiger partial charge on any atom is 0.282 e. The van der Waals surface area contributed by atoms with Crippen molar-refractivity contribution in [1.82, 2.24) is 15.2 Å². The van der Waals surface area contributed by atoms with Crippen LogP contribution >= 0.6 is 0 Å². The molecule has 0 aliphatic heterocycles. The Kier molecular flexibility index (Phi) is 3.81. The first-order chi connectivity index (χ1) is 9.40. The zero-order valence-electron chi connectivity index (χ0n) is 9.85. The SMILES string of the molecule is O=C(NNS(=O)(=O)c1cc(F)ccc1F)c1ccc[nH]1. The minimum Gasteiger partial charge on any atom is -0.357 e. The van der Waals surface area contributed by atoms with E-state index in [-0.39, 0.29) is 5.69 Å². The first kappa shape index (κ1) is 14.2. The lowest BCUT2D eigenvalue weighted by Crippen LogP contribution is -2.42. The van der Waals surface area contributed by atoms with Gasteiger partial charge in [0, 0.05) is 6.20 Å². The van der Waals surface area contributed by atoms with Crippen molar-refractivity contribution in [2.75, 3.05) is 0 Å². The van der Waals surface area contributed by atoms with Crippen LogP contribution in [0.4, 0.5) is 8.78 Å². The Bertz CT molecular complexity index is 729. The molecule has 1 heterocycles. The monoisotopic (exact) mass is 301 g/mol. The molecule has 106 valence electrons. The highest BCUT2D eigenvalue weighted by atomic mass is 32.2. The molecule has 0 saturated carbocycles. The van der Waals surface area contributed by atoms with Crippen LogP contribution in [0.2, 0.25) is 0 Å². The fraction of sp³-hybridized carbons (Fsp3) is 0. The summed E-state index contributed by atoms with van der Waals surface area (Å²) in [6, 6.07) is 4.92. The molecule has 1 aromatic heterocycles. The quantitative estimate of drug-likeness (QED) is 0.733. The van der Waals surface area contributed by atoms with E-state index in [0.717, 1.165) is 6.07 Å². The molecule has 1 aromatic carbocycles. The molecule has 0 saturated heterocycles. The van der Waals surface area contributed by atoms with E-state index in [2.05, 4.69) is 4.98 Å². The minimum atomic E-state index is -4.41. The number of rotatable bonds is 4. The van der Waals surface area contributed by atoms with Crippen LogP contribution in [0.15, 0.2) is 41.4 Å². The molecule has 2 aromatic rings. The van der Waals surface area contributed by atoms with Gasteiger partial charge in [0.1, 0.15) is 22.2 Å². The summed E-state index contributed by atoms with van der Waals surface area (Å²) >= 11 is 0. The van der Waals surface area contributed by atoms with Crippen LogP contribution in [-0.4, -0.2) is 19.3 Å². The number of sulfonamides is 1. The van der Waals surface area contributed by atoms with Crippen LogP contribution in [0.1, 0.15) is 10.5 Å². The van der Waals surface area contributed by atoms with Crippen LogP contribution in [0.5, 0.6) is 0 Å². The summed E-state index contributed by atoms with van der Waals surface area (Å²) < 4.78 is 49.8. The normalized spacial score (nSPS) is 11.3. The fourth-order valence-electron chi connectivity index (χ4n) is 1.39. The van der Waals surface area contributed by atoms with Gasteiger partial charge in [0.05, 0.1) is 0 Å². The number of aromatic nitrogens is 1. The van der Waals surface area contributed by atoms with Crippen LogP contribution in [-0.2, 0) is 10.0 Å². The Morgan fingerprint density at radius 1 is 1.20 bits per heavy atom. The van der Waals surface area contributed by atoms with Crippen molar-refractivity contribution >= 4 is 15.9 Å². The largest absolute Gasteiger partial charge is 0.357 e. The van der Waals surface area contributed by atoms with E-state index >= 15 is 0 Å². The predicted octanol–water partition coefficient (Wildman–Crippen LogP) is 0.916. The van der Waals surface area contributed by atoms with Crippen molar-refractivity contribution in [3.05, 3.63) is 53.9 Å². The molecule has 20 heavy (non-hydrogen) atoms. The second kappa shape index (κ2) is 5.39. The van der Waals surface area contributed by atoms with Crippen LogP contribution in [0.25, 0.3) is 0 Å². The van der Waals surface area contributed by atoms with Gasteiger partial charge in [-0.05, 0) is 30.3 Å². The predicted molar refractivity (Wildman–Crippen MR) is 64.9 cm³/mol. The number of hydrogen-bond acceptors (Lipinski definition) is 3. The Balaban J connectivity index is 2.16. The van der Waals surface area contributed by atoms with Gasteiger partial charge >= 0.3 is 0 Å². The fourth-order valence-corrected chi connectivity index (χ4v) is 2.32. The topological polar surface area (TPSA) is 91.1 Å². The van der Waals surface area contributed by atoms with Gasteiger partial charge in [-0.25, -0.2) is 17.2 Å². The third-order valence-corrected chi connectivity index (χ3v) is 3.59. The van der Waals surface area contributed by atoms with Crippen LogP contribution < -0.4 is 10.3 Å². The third-order valence-electron chi connectivity index (χ3n) is 2.32. The van der Waals surface area contributed by atoms with E-state index in [4.69, 9.17) is 0 Å². The average Bonchev–Trinajstić information content (AvgIpc) is 2.93. The third kappa shape index (κ3) is 3.00. The van der Waals surface area contributed by atoms with Gasteiger partial charge < -0.3 is 4.98 Å². The zero-order valence-corrected chi connectivity index (χ0v) is 10.7. The molecule has 3 N–H and O–H groups in total. The highest BCUT2D eigenvalue weighted by molar-refractivity contribution is 7.89. The van der Waals surface area contributed by atoms with Gasteiger partial charge in [-0.1, -0.05) is 0 Å². The van der Waals surface area contributed by atoms with Crippen LogP contribution in [0.3, 0.4) is 0 Å². The summed E-state index contributed by atoms with van der Waals surface area (Å²) in [5, 5.41) is 0. The van der Waals surface area contributed by atoms with Gasteiger partial charge in [0.25, 0.3) is 15.9 Å². The van der Waals surface area contributed by atoms with Gasteiger partial charge in [-0.3, -0.25) is 10.2 Å². The molecule has 0 radical (unpaired) electrons. The van der Waals surface area contributed by atoms with Gasteiger partial charge in [-0.15, -0.1) is 4.83 Å². The highest BCUT2D eigenvalue weighted by Crippen LogP contribution is 2.14. The Morgan fingerprint density at radius 2 is 1.95 bits per heavy atom. The first-order valence-corrected chi connectivity index (χ1v) is 6.79. The highest BCUT2D eigenvalue weighted by Gasteiger charge is 2.21. The maximum absolute atomic E-state index is 13.4. The van der Waals surface area contributed by atoms with Gasteiger partial charge in [0.2, 0.25) is 0 Å². The lowest BCUT2D eigenvalue weighted by molar-refractivity contribution is 0.0940. The van der Waals surface area contributed by atoms with E-state index in [1.54, 1.807) is 4.83 Å². The van der Waals surface area contributed by atoms with Crippen molar-refractivity contribution < 1.29 is 22.0 Å². The summed E-state index contributed by atoms with van der Waals surface area (Å²) in [4.78, 5) is 14.8. The van der Waals surface area contributed by atoms with Crippen molar-refractivity contribution in [3.8, 4) is 0 Å². The molecule has 2 rings (SSSR count).